The number of benzene rings is 1. The van der Waals surface area contributed by atoms with Gasteiger partial charge in [0, 0.05) is 0 Å². The van der Waals surface area contributed by atoms with Crippen LogP contribution in [0.15, 0.2) is 24.3 Å². The van der Waals surface area contributed by atoms with Crippen LogP contribution in [0.25, 0.3) is 0 Å². The smallest absolute Gasteiger partial charge is 0.331 e. The summed E-state index contributed by atoms with van der Waals surface area (Å²) in [6.45, 7) is 0.910. The molecule has 2 unspecified atom stereocenters. The summed E-state index contributed by atoms with van der Waals surface area (Å²) in [4.78, 5) is 37.7. The highest BCUT2D eigenvalue weighted by atomic mass is 35.5. The van der Waals surface area contributed by atoms with E-state index in [1.165, 1.54) is 12.1 Å². The van der Waals surface area contributed by atoms with E-state index in [2.05, 4.69) is 0 Å². The van der Waals surface area contributed by atoms with Gasteiger partial charge in [-0.3, -0.25) is 14.5 Å². The molecule has 0 saturated carbocycles. The molecule has 0 spiro atoms. The summed E-state index contributed by atoms with van der Waals surface area (Å²) in [7, 11) is 0. The zero-order chi connectivity index (χ0) is 20.5. The maximum absolute atomic E-state index is 13.0. The highest BCUT2D eigenvalue weighted by Gasteiger charge is 2.59. The molecule has 7 nitrogen and oxygen atoms in total. The molecule has 0 radical (unpaired) electrons. The molecule has 2 aliphatic heterocycles. The molecule has 2 aliphatic rings. The molecular weight excluding hydrogens is 433 g/mol. The molecule has 2 atom stereocenters. The fourth-order valence-electron chi connectivity index (χ4n) is 3.57. The lowest BCUT2D eigenvalue weighted by Crippen LogP contribution is -2.64. The van der Waals surface area contributed by atoms with Crippen molar-refractivity contribution in [1.82, 2.24) is 4.90 Å². The highest BCUT2D eigenvalue weighted by Crippen LogP contribution is 2.40. The number of rotatable bonds is 8. The number of halogens is 3. The van der Waals surface area contributed by atoms with Gasteiger partial charge in [0.1, 0.15) is 4.84 Å². The quantitative estimate of drug-likeness (QED) is 0.483. The van der Waals surface area contributed by atoms with Crippen molar-refractivity contribution in [2.24, 2.45) is 0 Å². The van der Waals surface area contributed by atoms with Gasteiger partial charge in [-0.05, 0) is 31.4 Å². The van der Waals surface area contributed by atoms with Gasteiger partial charge in [0.15, 0.2) is 11.8 Å². The minimum atomic E-state index is -2.12. The Kier molecular flexibility index (Phi) is 6.51. The van der Waals surface area contributed by atoms with Crippen molar-refractivity contribution < 1.29 is 29.0 Å². The number of ether oxygens (including phenoxy) is 2. The number of imide groups is 1. The Labute approximate surface area is 176 Å². The van der Waals surface area contributed by atoms with Crippen LogP contribution in [0.2, 0.25) is 0 Å². The Bertz CT molecular complexity index is 747. The van der Waals surface area contributed by atoms with E-state index in [4.69, 9.17) is 44.3 Å². The number of fused-ring (bicyclic) bond motifs is 1. The number of carbonyl (C=O) groups is 3. The van der Waals surface area contributed by atoms with E-state index >= 15 is 0 Å². The zero-order valence-corrected chi connectivity index (χ0v) is 16.9. The first-order valence-corrected chi connectivity index (χ1v) is 9.98. The second-order valence-electron chi connectivity index (χ2n) is 6.52. The van der Waals surface area contributed by atoms with Crippen LogP contribution in [0.3, 0.4) is 0 Å². The molecule has 1 aromatic carbocycles. The van der Waals surface area contributed by atoms with E-state index in [1.807, 2.05) is 0 Å². The predicted octanol–water partition coefficient (Wildman–Crippen LogP) is 3.06. The number of carboxylic acids is 1. The zero-order valence-electron chi connectivity index (χ0n) is 14.6. The first-order chi connectivity index (χ1) is 13.3. The summed E-state index contributed by atoms with van der Waals surface area (Å²) >= 11 is 18.2. The van der Waals surface area contributed by atoms with Crippen LogP contribution in [0.4, 0.5) is 0 Å². The second-order valence-corrected chi connectivity index (χ2v) is 8.15. The average molecular weight is 451 g/mol. The summed E-state index contributed by atoms with van der Waals surface area (Å²) < 4.78 is 10.7. The van der Waals surface area contributed by atoms with Gasteiger partial charge in [0.05, 0.1) is 29.7 Å². The maximum Gasteiger partial charge on any atom is 0.331 e. The maximum atomic E-state index is 13.0. The Morgan fingerprint density at radius 1 is 1.14 bits per heavy atom. The van der Waals surface area contributed by atoms with Gasteiger partial charge in [-0.1, -0.05) is 12.1 Å². The Morgan fingerprint density at radius 2 is 1.68 bits per heavy atom. The van der Waals surface area contributed by atoms with E-state index in [9.17, 15) is 19.5 Å². The Balaban J connectivity index is 1.96. The standard InChI is InChI=1S/C18H18Cl3NO6/c19-13(14(20)21)18(17(25)26,7-3-6-12-27-8-9-28-12)22-15(23)10-4-1-2-5-11(10)16(22)24/h1-2,4-5,12-14H,3,6-9H2,(H,25,26). The molecule has 1 aromatic rings. The number of aliphatic carboxylic acids is 1. The molecule has 10 heteroatoms. The van der Waals surface area contributed by atoms with Gasteiger partial charge in [-0.15, -0.1) is 34.8 Å². The van der Waals surface area contributed by atoms with Crippen molar-refractivity contribution in [2.45, 2.75) is 41.3 Å². The minimum absolute atomic E-state index is 0.116. The number of amides is 2. The van der Waals surface area contributed by atoms with Crippen LogP contribution in [-0.4, -0.2) is 63.0 Å². The molecule has 0 aliphatic carbocycles. The van der Waals surface area contributed by atoms with Gasteiger partial charge in [0.25, 0.3) is 11.8 Å². The third-order valence-corrected chi connectivity index (χ3v) is 6.30. The number of hydrogen-bond acceptors (Lipinski definition) is 5. The Hall–Kier alpha value is -1.38. The largest absolute Gasteiger partial charge is 0.479 e. The van der Waals surface area contributed by atoms with E-state index in [1.54, 1.807) is 12.1 Å². The second kappa shape index (κ2) is 8.55. The number of carbonyl (C=O) groups excluding carboxylic acids is 2. The number of alkyl halides is 3. The van der Waals surface area contributed by atoms with Crippen molar-refractivity contribution in [1.29, 1.82) is 0 Å². The molecule has 1 fully saturated rings. The number of hydrogen-bond donors (Lipinski definition) is 1. The molecule has 2 heterocycles. The third-order valence-electron chi connectivity index (χ3n) is 4.93. The molecule has 2 amide bonds. The Morgan fingerprint density at radius 3 is 2.14 bits per heavy atom. The first-order valence-electron chi connectivity index (χ1n) is 8.67. The van der Waals surface area contributed by atoms with Crippen LogP contribution in [0.5, 0.6) is 0 Å². The highest BCUT2D eigenvalue weighted by molar-refractivity contribution is 6.49. The lowest BCUT2D eigenvalue weighted by molar-refractivity contribution is -0.149. The molecule has 152 valence electrons. The lowest BCUT2D eigenvalue weighted by atomic mass is 9.86. The van der Waals surface area contributed by atoms with Gasteiger partial charge in [0.2, 0.25) is 0 Å². The number of nitrogens with zero attached hydrogens (tertiary/aromatic N) is 1. The molecule has 0 aromatic heterocycles. The van der Waals surface area contributed by atoms with Crippen molar-refractivity contribution in [3.8, 4) is 0 Å². The molecule has 0 bridgehead atoms. The van der Waals surface area contributed by atoms with Crippen molar-refractivity contribution in [3.63, 3.8) is 0 Å². The summed E-state index contributed by atoms with van der Waals surface area (Å²) in [6.07, 6.45) is 0.0111. The van der Waals surface area contributed by atoms with Crippen LogP contribution in [0, 0.1) is 0 Å². The van der Waals surface area contributed by atoms with Crippen LogP contribution >= 0.6 is 34.8 Å². The van der Waals surface area contributed by atoms with E-state index in [-0.39, 0.29) is 24.0 Å². The average Bonchev–Trinajstić information content (AvgIpc) is 3.26. The molecule has 3 rings (SSSR count). The van der Waals surface area contributed by atoms with Crippen LogP contribution in [0.1, 0.15) is 40.0 Å². The van der Waals surface area contributed by atoms with Crippen molar-refractivity contribution >= 4 is 52.6 Å². The first kappa shape index (κ1) is 21.3. The van der Waals surface area contributed by atoms with Crippen LogP contribution in [-0.2, 0) is 14.3 Å². The third kappa shape index (κ3) is 3.62. The van der Waals surface area contributed by atoms with E-state index in [0.717, 1.165) is 0 Å². The SMILES string of the molecule is O=C1c2ccccc2C(=O)N1C(CCCC1OCCO1)(C(=O)O)C(Cl)C(Cl)Cl. The summed E-state index contributed by atoms with van der Waals surface area (Å²) in [6, 6.07) is 6.11. The van der Waals surface area contributed by atoms with Gasteiger partial charge in [-0.2, -0.15) is 0 Å². The molecule has 28 heavy (non-hydrogen) atoms. The van der Waals surface area contributed by atoms with Crippen molar-refractivity contribution in [3.05, 3.63) is 35.4 Å². The van der Waals surface area contributed by atoms with Gasteiger partial charge < -0.3 is 14.6 Å². The fraction of sp³-hybridized carbons (Fsp3) is 0.500. The van der Waals surface area contributed by atoms with Crippen LogP contribution < -0.4 is 0 Å². The monoisotopic (exact) mass is 449 g/mol. The summed E-state index contributed by atoms with van der Waals surface area (Å²) in [5.74, 6) is -2.94. The van der Waals surface area contributed by atoms with Gasteiger partial charge >= 0.3 is 5.97 Å². The molecule has 1 saturated heterocycles. The minimum Gasteiger partial charge on any atom is -0.479 e. The topological polar surface area (TPSA) is 93.1 Å². The normalized spacial score (nSPS) is 20.5. The van der Waals surface area contributed by atoms with E-state index in [0.29, 0.717) is 24.5 Å². The molecular formula is C18H18Cl3NO6. The fourth-order valence-corrected chi connectivity index (χ4v) is 4.28. The molecule has 1 N–H and O–H groups in total. The summed E-state index contributed by atoms with van der Waals surface area (Å²) in [5.41, 5.74) is -1.89. The number of carboxylic acid groups (broad SMARTS) is 1. The lowest BCUT2D eigenvalue weighted by Gasteiger charge is -2.40. The van der Waals surface area contributed by atoms with E-state index < -0.39 is 39.8 Å². The van der Waals surface area contributed by atoms with Gasteiger partial charge in [-0.25, -0.2) is 4.79 Å². The summed E-state index contributed by atoms with van der Waals surface area (Å²) in [5, 5.41) is 8.67. The predicted molar refractivity (Wildman–Crippen MR) is 102 cm³/mol. The van der Waals surface area contributed by atoms with Crippen molar-refractivity contribution in [2.75, 3.05) is 13.2 Å².